The average Bonchev–Trinajstić information content (AvgIpc) is 2.89. The van der Waals surface area contributed by atoms with E-state index in [1.807, 2.05) is 19.0 Å². The van der Waals surface area contributed by atoms with Crippen LogP contribution in [0.2, 0.25) is 0 Å². The molecule has 0 atom stereocenters. The van der Waals surface area contributed by atoms with Crippen molar-refractivity contribution < 1.29 is 4.42 Å². The van der Waals surface area contributed by atoms with Gasteiger partial charge in [0.15, 0.2) is 0 Å². The highest BCUT2D eigenvalue weighted by Crippen LogP contribution is 2.17. The fraction of sp³-hybridized carbons (Fsp3) is 0.364. The Kier molecular flexibility index (Phi) is 3.58. The molecule has 0 saturated heterocycles. The molecule has 2 rings (SSSR count). The van der Waals surface area contributed by atoms with E-state index in [1.54, 1.807) is 17.6 Å². The maximum atomic E-state index is 5.41. The van der Waals surface area contributed by atoms with E-state index in [0.29, 0.717) is 6.01 Å². The van der Waals surface area contributed by atoms with Gasteiger partial charge in [-0.15, -0.1) is 11.3 Å². The highest BCUT2D eigenvalue weighted by Gasteiger charge is 2.09. The first kappa shape index (κ1) is 11.2. The van der Waals surface area contributed by atoms with Gasteiger partial charge in [0.05, 0.1) is 12.2 Å². The zero-order valence-electron chi connectivity index (χ0n) is 9.43. The van der Waals surface area contributed by atoms with Crippen molar-refractivity contribution in [2.45, 2.75) is 13.1 Å². The lowest BCUT2D eigenvalue weighted by molar-refractivity contribution is 0.544. The molecule has 0 aliphatic carbocycles. The molecule has 0 aliphatic heterocycles. The number of hydrogen-bond acceptors (Lipinski definition) is 5. The molecule has 0 radical (unpaired) electrons. The molecule has 0 bridgehead atoms. The Balaban J connectivity index is 2.00. The molecule has 0 aromatic carbocycles. The van der Waals surface area contributed by atoms with Crippen LogP contribution < -0.4 is 10.2 Å². The first-order valence-electron chi connectivity index (χ1n) is 5.12. The Morgan fingerprint density at radius 3 is 3.12 bits per heavy atom. The van der Waals surface area contributed by atoms with E-state index in [0.717, 1.165) is 18.8 Å². The van der Waals surface area contributed by atoms with Crippen molar-refractivity contribution in [1.29, 1.82) is 0 Å². The van der Waals surface area contributed by atoms with E-state index < -0.39 is 0 Å². The Morgan fingerprint density at radius 2 is 2.44 bits per heavy atom. The lowest BCUT2D eigenvalue weighted by Gasteiger charge is -2.12. The summed E-state index contributed by atoms with van der Waals surface area (Å²) in [6.45, 7) is 1.56. The zero-order valence-corrected chi connectivity index (χ0v) is 10.3. The molecule has 2 heterocycles. The standard InChI is InChI=1S/C11H15N3OS/c1-12-6-9-8-15-11(13-9)14(2)7-10-4-3-5-16-10/h3-5,8,12H,6-7H2,1-2H3. The Bertz CT molecular complexity index is 424. The monoisotopic (exact) mass is 237 g/mol. The largest absolute Gasteiger partial charge is 0.432 e. The predicted molar refractivity (Wildman–Crippen MR) is 65.7 cm³/mol. The molecule has 16 heavy (non-hydrogen) atoms. The van der Waals surface area contributed by atoms with Gasteiger partial charge in [-0.1, -0.05) is 6.07 Å². The molecule has 4 nitrogen and oxygen atoms in total. The van der Waals surface area contributed by atoms with Crippen LogP contribution in [0.25, 0.3) is 0 Å². The maximum absolute atomic E-state index is 5.41. The quantitative estimate of drug-likeness (QED) is 0.864. The van der Waals surface area contributed by atoms with E-state index in [2.05, 4.69) is 27.8 Å². The van der Waals surface area contributed by atoms with Crippen molar-refractivity contribution in [3.8, 4) is 0 Å². The fourth-order valence-electron chi connectivity index (χ4n) is 1.44. The van der Waals surface area contributed by atoms with Gasteiger partial charge in [-0.2, -0.15) is 4.98 Å². The van der Waals surface area contributed by atoms with Crippen LogP contribution in [0.4, 0.5) is 6.01 Å². The summed E-state index contributed by atoms with van der Waals surface area (Å²) in [5.41, 5.74) is 0.926. The van der Waals surface area contributed by atoms with Crippen LogP contribution in [0.3, 0.4) is 0 Å². The Morgan fingerprint density at radius 1 is 1.56 bits per heavy atom. The van der Waals surface area contributed by atoms with E-state index >= 15 is 0 Å². The van der Waals surface area contributed by atoms with E-state index in [1.165, 1.54) is 4.88 Å². The molecule has 1 N–H and O–H groups in total. The predicted octanol–water partition coefficient (Wildman–Crippen LogP) is 2.09. The van der Waals surface area contributed by atoms with Crippen LogP contribution in [0.5, 0.6) is 0 Å². The molecule has 0 unspecified atom stereocenters. The number of thiophene rings is 1. The summed E-state index contributed by atoms with van der Waals surface area (Å²) in [5.74, 6) is 0. The second-order valence-corrected chi connectivity index (χ2v) is 4.62. The number of anilines is 1. The highest BCUT2D eigenvalue weighted by atomic mass is 32.1. The van der Waals surface area contributed by atoms with Crippen molar-refractivity contribution in [1.82, 2.24) is 10.3 Å². The topological polar surface area (TPSA) is 41.3 Å². The minimum Gasteiger partial charge on any atom is -0.432 e. The van der Waals surface area contributed by atoms with Crippen LogP contribution in [0, 0.1) is 0 Å². The maximum Gasteiger partial charge on any atom is 0.297 e. The first-order valence-corrected chi connectivity index (χ1v) is 6.00. The van der Waals surface area contributed by atoms with Gasteiger partial charge in [-0.3, -0.25) is 0 Å². The summed E-state index contributed by atoms with van der Waals surface area (Å²) in [4.78, 5) is 7.69. The van der Waals surface area contributed by atoms with Gasteiger partial charge in [0.1, 0.15) is 6.26 Å². The molecule has 2 aromatic rings. The van der Waals surface area contributed by atoms with Crippen molar-refractivity contribution in [3.63, 3.8) is 0 Å². The second-order valence-electron chi connectivity index (χ2n) is 3.59. The second kappa shape index (κ2) is 5.14. The zero-order chi connectivity index (χ0) is 11.4. The van der Waals surface area contributed by atoms with Gasteiger partial charge in [0, 0.05) is 18.5 Å². The molecular weight excluding hydrogens is 222 g/mol. The molecule has 0 amide bonds. The summed E-state index contributed by atoms with van der Waals surface area (Å²) in [5, 5.41) is 5.12. The third kappa shape index (κ3) is 2.62. The molecule has 0 saturated carbocycles. The Labute approximate surface area is 98.9 Å². The molecule has 5 heteroatoms. The smallest absolute Gasteiger partial charge is 0.297 e. The normalized spacial score (nSPS) is 10.6. The number of rotatable bonds is 5. The first-order chi connectivity index (χ1) is 7.79. The lowest BCUT2D eigenvalue weighted by atomic mass is 10.4. The number of nitrogens with zero attached hydrogens (tertiary/aromatic N) is 2. The van der Waals surface area contributed by atoms with Crippen molar-refractivity contribution >= 4 is 17.4 Å². The summed E-state index contributed by atoms with van der Waals surface area (Å²) in [6.07, 6.45) is 1.69. The van der Waals surface area contributed by atoms with Crippen molar-refractivity contribution in [3.05, 3.63) is 34.3 Å². The van der Waals surface area contributed by atoms with Crippen LogP contribution in [-0.2, 0) is 13.1 Å². The lowest BCUT2D eigenvalue weighted by Crippen LogP contribution is -2.16. The third-order valence-electron chi connectivity index (χ3n) is 2.20. The molecule has 0 aliphatic rings. The van der Waals surface area contributed by atoms with Gasteiger partial charge in [0.25, 0.3) is 6.01 Å². The Hall–Kier alpha value is -1.33. The third-order valence-corrected chi connectivity index (χ3v) is 3.06. The van der Waals surface area contributed by atoms with Gasteiger partial charge >= 0.3 is 0 Å². The van der Waals surface area contributed by atoms with E-state index in [9.17, 15) is 0 Å². The van der Waals surface area contributed by atoms with Crippen LogP contribution in [-0.4, -0.2) is 19.1 Å². The number of nitrogens with one attached hydrogen (secondary N) is 1. The van der Waals surface area contributed by atoms with Gasteiger partial charge < -0.3 is 14.6 Å². The molecular formula is C11H15N3OS. The molecule has 2 aromatic heterocycles. The summed E-state index contributed by atoms with van der Waals surface area (Å²) in [6, 6.07) is 4.83. The van der Waals surface area contributed by atoms with Gasteiger partial charge in [-0.25, -0.2) is 0 Å². The summed E-state index contributed by atoms with van der Waals surface area (Å²) in [7, 11) is 3.87. The van der Waals surface area contributed by atoms with E-state index in [-0.39, 0.29) is 0 Å². The highest BCUT2D eigenvalue weighted by molar-refractivity contribution is 7.09. The number of oxazole rings is 1. The van der Waals surface area contributed by atoms with Crippen LogP contribution in [0.15, 0.2) is 28.2 Å². The van der Waals surface area contributed by atoms with Crippen molar-refractivity contribution in [2.75, 3.05) is 19.0 Å². The molecule has 86 valence electrons. The van der Waals surface area contributed by atoms with Crippen LogP contribution >= 0.6 is 11.3 Å². The van der Waals surface area contributed by atoms with Gasteiger partial charge in [-0.05, 0) is 18.5 Å². The molecule has 0 fully saturated rings. The minimum absolute atomic E-state index is 0.665. The van der Waals surface area contributed by atoms with Gasteiger partial charge in [0.2, 0.25) is 0 Å². The summed E-state index contributed by atoms with van der Waals surface area (Å²) >= 11 is 1.74. The van der Waals surface area contributed by atoms with Crippen molar-refractivity contribution in [2.24, 2.45) is 0 Å². The number of hydrogen-bond donors (Lipinski definition) is 1. The van der Waals surface area contributed by atoms with E-state index in [4.69, 9.17) is 4.42 Å². The number of aromatic nitrogens is 1. The fourth-order valence-corrected chi connectivity index (χ4v) is 2.20. The molecule has 0 spiro atoms. The summed E-state index contributed by atoms with van der Waals surface area (Å²) < 4.78 is 5.41. The average molecular weight is 237 g/mol. The minimum atomic E-state index is 0.665. The SMILES string of the molecule is CNCc1coc(N(C)Cc2cccs2)n1. The van der Waals surface area contributed by atoms with Crippen LogP contribution in [0.1, 0.15) is 10.6 Å².